The zero-order valence-corrected chi connectivity index (χ0v) is 14.0. The molecule has 0 bridgehead atoms. The van der Waals surface area contributed by atoms with E-state index < -0.39 is 0 Å². The van der Waals surface area contributed by atoms with Crippen LogP contribution in [0.5, 0.6) is 5.75 Å². The van der Waals surface area contributed by atoms with E-state index in [0.717, 1.165) is 18.0 Å². The van der Waals surface area contributed by atoms with E-state index >= 15 is 0 Å². The van der Waals surface area contributed by atoms with Crippen LogP contribution in [0.4, 0.5) is 5.69 Å². The molecule has 0 unspecified atom stereocenters. The normalized spacial score (nSPS) is 18.1. The SMILES string of the molecule is CC1=CCN(C(C)C)CC1.CN1C(=O)COc2ccccc21. The van der Waals surface area contributed by atoms with Gasteiger partial charge in [0.1, 0.15) is 5.75 Å². The molecule has 120 valence electrons. The lowest BCUT2D eigenvalue weighted by molar-refractivity contribution is -0.120. The van der Waals surface area contributed by atoms with Crippen molar-refractivity contribution in [1.82, 2.24) is 4.90 Å². The number of amides is 1. The first-order chi connectivity index (χ1) is 10.5. The van der Waals surface area contributed by atoms with E-state index in [-0.39, 0.29) is 12.5 Å². The first kappa shape index (κ1) is 16.6. The predicted octanol–water partition coefficient (Wildman–Crippen LogP) is 3.09. The first-order valence-corrected chi connectivity index (χ1v) is 7.87. The van der Waals surface area contributed by atoms with Crippen molar-refractivity contribution in [3.63, 3.8) is 0 Å². The van der Waals surface area contributed by atoms with Gasteiger partial charge in [0.2, 0.25) is 0 Å². The molecule has 0 aliphatic carbocycles. The Morgan fingerprint density at radius 1 is 1.23 bits per heavy atom. The van der Waals surface area contributed by atoms with Crippen molar-refractivity contribution >= 4 is 11.6 Å². The fourth-order valence-corrected chi connectivity index (χ4v) is 2.48. The number of anilines is 1. The smallest absolute Gasteiger partial charge is 0.264 e. The summed E-state index contributed by atoms with van der Waals surface area (Å²) >= 11 is 0. The summed E-state index contributed by atoms with van der Waals surface area (Å²) in [6.07, 6.45) is 3.60. The third-order valence-corrected chi connectivity index (χ3v) is 4.15. The van der Waals surface area contributed by atoms with Crippen LogP contribution < -0.4 is 9.64 Å². The number of ether oxygens (including phenoxy) is 1. The molecule has 0 atom stereocenters. The van der Waals surface area contributed by atoms with Gasteiger partial charge >= 0.3 is 0 Å². The molecule has 0 saturated carbocycles. The minimum atomic E-state index is -0.00583. The van der Waals surface area contributed by atoms with Gasteiger partial charge in [-0.15, -0.1) is 0 Å². The number of carbonyl (C=O) groups excluding carboxylic acids is 1. The van der Waals surface area contributed by atoms with Gasteiger partial charge in [0, 0.05) is 26.2 Å². The highest BCUT2D eigenvalue weighted by Crippen LogP contribution is 2.29. The highest BCUT2D eigenvalue weighted by molar-refractivity contribution is 5.97. The number of fused-ring (bicyclic) bond motifs is 1. The van der Waals surface area contributed by atoms with Gasteiger partial charge in [0.05, 0.1) is 5.69 Å². The van der Waals surface area contributed by atoms with Gasteiger partial charge in [-0.2, -0.15) is 0 Å². The fourth-order valence-electron chi connectivity index (χ4n) is 2.48. The van der Waals surface area contributed by atoms with E-state index in [1.165, 1.54) is 13.0 Å². The maximum absolute atomic E-state index is 11.2. The molecule has 2 aliphatic heterocycles. The summed E-state index contributed by atoms with van der Waals surface area (Å²) in [7, 11) is 1.75. The van der Waals surface area contributed by atoms with Gasteiger partial charge in [-0.25, -0.2) is 0 Å². The van der Waals surface area contributed by atoms with Crippen LogP contribution in [0.15, 0.2) is 35.9 Å². The second kappa shape index (κ2) is 7.45. The maximum atomic E-state index is 11.2. The molecule has 3 rings (SSSR count). The Morgan fingerprint density at radius 2 is 1.95 bits per heavy atom. The predicted molar refractivity (Wildman–Crippen MR) is 90.4 cm³/mol. The summed E-state index contributed by atoms with van der Waals surface area (Å²) in [5.41, 5.74) is 2.39. The van der Waals surface area contributed by atoms with Crippen molar-refractivity contribution in [3.8, 4) is 5.75 Å². The number of para-hydroxylation sites is 2. The number of nitrogens with zero attached hydrogens (tertiary/aromatic N) is 2. The first-order valence-electron chi connectivity index (χ1n) is 7.87. The van der Waals surface area contributed by atoms with Gasteiger partial charge in [0.25, 0.3) is 5.91 Å². The second-order valence-electron chi connectivity index (χ2n) is 6.10. The number of hydrogen-bond acceptors (Lipinski definition) is 3. The molecule has 0 fully saturated rings. The van der Waals surface area contributed by atoms with Crippen LogP contribution in [0.2, 0.25) is 0 Å². The molecule has 1 aromatic carbocycles. The van der Waals surface area contributed by atoms with Crippen molar-refractivity contribution in [2.75, 3.05) is 31.6 Å². The second-order valence-corrected chi connectivity index (χ2v) is 6.10. The van der Waals surface area contributed by atoms with E-state index in [1.54, 1.807) is 17.5 Å². The topological polar surface area (TPSA) is 32.8 Å². The van der Waals surface area contributed by atoms with Crippen LogP contribution in [0.1, 0.15) is 27.2 Å². The van der Waals surface area contributed by atoms with Crippen molar-refractivity contribution in [2.24, 2.45) is 0 Å². The average molecular weight is 302 g/mol. The number of hydrogen-bond donors (Lipinski definition) is 0. The Bertz CT molecular complexity index is 552. The lowest BCUT2D eigenvalue weighted by Crippen LogP contribution is -2.35. The van der Waals surface area contributed by atoms with Crippen LogP contribution in [-0.2, 0) is 4.79 Å². The largest absolute Gasteiger partial charge is 0.482 e. The molecule has 2 aliphatic rings. The molecule has 2 heterocycles. The van der Waals surface area contributed by atoms with Gasteiger partial charge in [-0.05, 0) is 39.3 Å². The summed E-state index contributed by atoms with van der Waals surface area (Å²) in [5.74, 6) is 0.772. The summed E-state index contributed by atoms with van der Waals surface area (Å²) < 4.78 is 5.21. The molecule has 4 heteroatoms. The van der Waals surface area contributed by atoms with Crippen molar-refractivity contribution in [3.05, 3.63) is 35.9 Å². The van der Waals surface area contributed by atoms with E-state index in [4.69, 9.17) is 4.74 Å². The Morgan fingerprint density at radius 3 is 2.59 bits per heavy atom. The molecule has 0 saturated heterocycles. The zero-order chi connectivity index (χ0) is 16.1. The number of benzene rings is 1. The molecule has 0 N–H and O–H groups in total. The third kappa shape index (κ3) is 4.10. The number of likely N-dealkylation sites (N-methyl/N-ethyl adjacent to an activating group) is 1. The van der Waals surface area contributed by atoms with Gasteiger partial charge in [0.15, 0.2) is 6.61 Å². The van der Waals surface area contributed by atoms with Gasteiger partial charge < -0.3 is 9.64 Å². The monoisotopic (exact) mass is 302 g/mol. The van der Waals surface area contributed by atoms with Gasteiger partial charge in [-0.1, -0.05) is 23.8 Å². The Hall–Kier alpha value is -1.81. The minimum absolute atomic E-state index is 0.00583. The van der Waals surface area contributed by atoms with Crippen molar-refractivity contribution in [1.29, 1.82) is 0 Å². The number of rotatable bonds is 1. The van der Waals surface area contributed by atoms with E-state index in [1.807, 2.05) is 24.3 Å². The van der Waals surface area contributed by atoms with E-state index in [2.05, 4.69) is 31.7 Å². The van der Waals surface area contributed by atoms with E-state index in [0.29, 0.717) is 6.04 Å². The summed E-state index contributed by atoms with van der Waals surface area (Å²) in [6, 6.07) is 8.22. The van der Waals surface area contributed by atoms with Gasteiger partial charge in [-0.3, -0.25) is 9.69 Å². The molecule has 1 aromatic rings. The van der Waals surface area contributed by atoms with Crippen molar-refractivity contribution in [2.45, 2.75) is 33.2 Å². The molecule has 4 nitrogen and oxygen atoms in total. The molecule has 0 radical (unpaired) electrons. The van der Waals surface area contributed by atoms with Crippen LogP contribution in [0.3, 0.4) is 0 Å². The molecular formula is C18H26N2O2. The summed E-state index contributed by atoms with van der Waals surface area (Å²) in [5, 5.41) is 0. The molecule has 1 amide bonds. The molecule has 22 heavy (non-hydrogen) atoms. The standard InChI is InChI=1S/C9H9NO2.C9H17N/c1-10-7-4-2-3-5-8(7)12-6-9(10)11;1-8(2)10-6-4-9(3)5-7-10/h2-5H,6H2,1H3;4,8H,5-7H2,1-3H3. The number of carbonyl (C=O) groups is 1. The molecular weight excluding hydrogens is 276 g/mol. The third-order valence-electron chi connectivity index (χ3n) is 4.15. The summed E-state index contributed by atoms with van der Waals surface area (Å²) in [6.45, 7) is 9.29. The molecule has 0 aromatic heterocycles. The quantitative estimate of drug-likeness (QED) is 0.747. The van der Waals surface area contributed by atoms with Crippen LogP contribution >= 0.6 is 0 Å². The lowest BCUT2D eigenvalue weighted by atomic mass is 10.1. The lowest BCUT2D eigenvalue weighted by Gasteiger charge is -2.28. The van der Waals surface area contributed by atoms with Crippen molar-refractivity contribution < 1.29 is 9.53 Å². The van der Waals surface area contributed by atoms with E-state index in [9.17, 15) is 4.79 Å². The maximum Gasteiger partial charge on any atom is 0.264 e. The van der Waals surface area contributed by atoms with Crippen LogP contribution in [0, 0.1) is 0 Å². The average Bonchev–Trinajstić information content (AvgIpc) is 2.52. The summed E-state index contributed by atoms with van der Waals surface area (Å²) in [4.78, 5) is 15.3. The minimum Gasteiger partial charge on any atom is -0.482 e. The molecule has 0 spiro atoms. The Labute approximate surface area is 133 Å². The van der Waals surface area contributed by atoms with Crippen LogP contribution in [0.25, 0.3) is 0 Å². The highest BCUT2D eigenvalue weighted by Gasteiger charge is 2.20. The highest BCUT2D eigenvalue weighted by atomic mass is 16.5. The van der Waals surface area contributed by atoms with Crippen LogP contribution in [-0.4, -0.2) is 43.6 Å². The zero-order valence-electron chi connectivity index (χ0n) is 14.0. The fraction of sp³-hybridized carbons (Fsp3) is 0.500. The Balaban J connectivity index is 0.000000164. The Kier molecular flexibility index (Phi) is 5.61.